The van der Waals surface area contributed by atoms with E-state index in [4.69, 9.17) is 9.47 Å². The first kappa shape index (κ1) is 17.8. The van der Waals surface area contributed by atoms with E-state index >= 15 is 0 Å². The van der Waals surface area contributed by atoms with Gasteiger partial charge in [0.2, 0.25) is 5.91 Å². The molecule has 0 atom stereocenters. The average Bonchev–Trinajstić information content (AvgIpc) is 3.07. The number of ether oxygens (including phenoxy) is 2. The number of hydrogen-bond donors (Lipinski definition) is 1. The van der Waals surface area contributed by atoms with Crippen molar-refractivity contribution < 1.29 is 19.1 Å². The van der Waals surface area contributed by atoms with Crippen LogP contribution in [-0.2, 0) is 11.8 Å². The van der Waals surface area contributed by atoms with Crippen LogP contribution >= 0.6 is 0 Å². The van der Waals surface area contributed by atoms with Gasteiger partial charge in [-0.1, -0.05) is 5.21 Å². The molecule has 2 heterocycles. The zero-order chi connectivity index (χ0) is 19.7. The molecule has 9 nitrogen and oxygen atoms in total. The molecule has 0 fully saturated rings. The average molecular weight is 381 g/mol. The van der Waals surface area contributed by atoms with Crippen LogP contribution in [0.2, 0.25) is 0 Å². The SMILES string of the molecule is CN(CC(=O)Nc1ccc2c(c1)OCCO2)C(=O)c1ccc2c(c1)nnn2C. The molecular formula is C19H19N5O4. The monoisotopic (exact) mass is 381 g/mol. The van der Waals surface area contributed by atoms with E-state index in [2.05, 4.69) is 15.6 Å². The second kappa shape index (κ2) is 7.18. The number of rotatable bonds is 4. The highest BCUT2D eigenvalue weighted by Gasteiger charge is 2.17. The van der Waals surface area contributed by atoms with Crippen molar-refractivity contribution in [1.82, 2.24) is 19.9 Å². The molecule has 1 aromatic heterocycles. The lowest BCUT2D eigenvalue weighted by molar-refractivity contribution is -0.116. The molecule has 0 aliphatic carbocycles. The van der Waals surface area contributed by atoms with Gasteiger partial charge in [-0.15, -0.1) is 5.10 Å². The highest BCUT2D eigenvalue weighted by atomic mass is 16.6. The Balaban J connectivity index is 1.41. The molecule has 2 aromatic carbocycles. The van der Waals surface area contributed by atoms with Crippen molar-refractivity contribution >= 4 is 28.5 Å². The van der Waals surface area contributed by atoms with Crippen LogP contribution in [0.3, 0.4) is 0 Å². The largest absolute Gasteiger partial charge is 0.486 e. The van der Waals surface area contributed by atoms with Crippen LogP contribution in [0.4, 0.5) is 5.69 Å². The van der Waals surface area contributed by atoms with Crippen molar-refractivity contribution in [3.05, 3.63) is 42.0 Å². The number of carbonyl (C=O) groups excluding carboxylic acids is 2. The van der Waals surface area contributed by atoms with E-state index in [1.54, 1.807) is 55.2 Å². The van der Waals surface area contributed by atoms with Gasteiger partial charge in [-0.2, -0.15) is 0 Å². The van der Waals surface area contributed by atoms with Gasteiger partial charge in [0.05, 0.1) is 12.1 Å². The maximum Gasteiger partial charge on any atom is 0.254 e. The summed E-state index contributed by atoms with van der Waals surface area (Å²) >= 11 is 0. The number of aryl methyl sites for hydroxylation is 1. The number of carbonyl (C=O) groups is 2. The Morgan fingerprint density at radius 2 is 1.93 bits per heavy atom. The summed E-state index contributed by atoms with van der Waals surface area (Å²) in [6.07, 6.45) is 0. The highest BCUT2D eigenvalue weighted by Crippen LogP contribution is 2.32. The van der Waals surface area contributed by atoms with Gasteiger partial charge in [0.15, 0.2) is 11.5 Å². The number of amides is 2. The molecule has 0 radical (unpaired) electrons. The number of anilines is 1. The van der Waals surface area contributed by atoms with Gasteiger partial charge in [0, 0.05) is 31.4 Å². The van der Waals surface area contributed by atoms with Crippen molar-refractivity contribution in [1.29, 1.82) is 0 Å². The fourth-order valence-corrected chi connectivity index (χ4v) is 3.00. The van der Waals surface area contributed by atoms with E-state index in [0.29, 0.717) is 41.5 Å². The summed E-state index contributed by atoms with van der Waals surface area (Å²) in [4.78, 5) is 26.3. The molecule has 28 heavy (non-hydrogen) atoms. The molecule has 1 aliphatic heterocycles. The topological polar surface area (TPSA) is 98.6 Å². The van der Waals surface area contributed by atoms with Crippen LogP contribution in [0.5, 0.6) is 11.5 Å². The maximum absolute atomic E-state index is 12.6. The molecule has 0 unspecified atom stereocenters. The van der Waals surface area contributed by atoms with Gasteiger partial charge in [0.1, 0.15) is 18.7 Å². The standard InChI is InChI=1S/C19H19N5O4/c1-23(19(26)12-3-5-15-14(9-12)21-22-24(15)2)11-18(25)20-13-4-6-16-17(10-13)28-8-7-27-16/h3-6,9-10H,7-8,11H2,1-2H3,(H,20,25). The number of benzene rings is 2. The molecule has 0 saturated heterocycles. The van der Waals surface area contributed by atoms with Gasteiger partial charge in [-0.25, -0.2) is 4.68 Å². The Bertz CT molecular complexity index is 1060. The zero-order valence-electron chi connectivity index (χ0n) is 15.5. The Morgan fingerprint density at radius 3 is 2.75 bits per heavy atom. The Labute approximate surface area is 160 Å². The van der Waals surface area contributed by atoms with E-state index in [9.17, 15) is 9.59 Å². The van der Waals surface area contributed by atoms with Crippen molar-refractivity contribution in [3.8, 4) is 11.5 Å². The van der Waals surface area contributed by atoms with Gasteiger partial charge >= 0.3 is 0 Å². The summed E-state index contributed by atoms with van der Waals surface area (Å²) in [6, 6.07) is 10.3. The quantitative estimate of drug-likeness (QED) is 0.735. The summed E-state index contributed by atoms with van der Waals surface area (Å²) in [5.74, 6) is 0.652. The summed E-state index contributed by atoms with van der Waals surface area (Å²) in [5, 5.41) is 10.7. The molecule has 0 saturated carbocycles. The van der Waals surface area contributed by atoms with Crippen LogP contribution in [-0.4, -0.2) is 58.5 Å². The van der Waals surface area contributed by atoms with E-state index < -0.39 is 0 Å². The molecule has 9 heteroatoms. The predicted octanol–water partition coefficient (Wildman–Crippen LogP) is 1.45. The molecular weight excluding hydrogens is 362 g/mol. The smallest absolute Gasteiger partial charge is 0.254 e. The van der Waals surface area contributed by atoms with Crippen molar-refractivity contribution in [2.45, 2.75) is 0 Å². The van der Waals surface area contributed by atoms with Crippen molar-refractivity contribution in [3.63, 3.8) is 0 Å². The first-order valence-electron chi connectivity index (χ1n) is 8.75. The Morgan fingerprint density at radius 1 is 1.14 bits per heavy atom. The minimum atomic E-state index is -0.312. The van der Waals surface area contributed by atoms with E-state index in [1.165, 1.54) is 4.90 Å². The number of hydrogen-bond acceptors (Lipinski definition) is 6. The van der Waals surface area contributed by atoms with Crippen molar-refractivity contribution in [2.24, 2.45) is 7.05 Å². The number of fused-ring (bicyclic) bond motifs is 2. The second-order valence-electron chi connectivity index (χ2n) is 6.48. The van der Waals surface area contributed by atoms with E-state index in [-0.39, 0.29) is 18.4 Å². The van der Waals surface area contributed by atoms with Gasteiger partial charge < -0.3 is 19.7 Å². The fourth-order valence-electron chi connectivity index (χ4n) is 3.00. The van der Waals surface area contributed by atoms with Crippen LogP contribution in [0.25, 0.3) is 11.0 Å². The number of likely N-dealkylation sites (N-methyl/N-ethyl adjacent to an activating group) is 1. The normalized spacial score (nSPS) is 12.6. The maximum atomic E-state index is 12.6. The Hall–Kier alpha value is -3.62. The summed E-state index contributed by atoms with van der Waals surface area (Å²) in [6.45, 7) is 0.884. The van der Waals surface area contributed by atoms with Crippen LogP contribution in [0.1, 0.15) is 10.4 Å². The van der Waals surface area contributed by atoms with Gasteiger partial charge in [-0.3, -0.25) is 9.59 Å². The highest BCUT2D eigenvalue weighted by molar-refractivity contribution is 6.00. The third-order valence-corrected chi connectivity index (χ3v) is 4.41. The van der Waals surface area contributed by atoms with E-state index in [1.807, 2.05) is 0 Å². The minimum Gasteiger partial charge on any atom is -0.486 e. The first-order chi connectivity index (χ1) is 13.5. The summed E-state index contributed by atoms with van der Waals surface area (Å²) < 4.78 is 12.6. The number of aromatic nitrogens is 3. The molecule has 2 amide bonds. The third-order valence-electron chi connectivity index (χ3n) is 4.41. The second-order valence-corrected chi connectivity index (χ2v) is 6.48. The van der Waals surface area contributed by atoms with Crippen LogP contribution in [0, 0.1) is 0 Å². The van der Waals surface area contributed by atoms with E-state index in [0.717, 1.165) is 5.52 Å². The lowest BCUT2D eigenvalue weighted by Crippen LogP contribution is -2.34. The molecule has 0 bridgehead atoms. The van der Waals surface area contributed by atoms with Crippen LogP contribution < -0.4 is 14.8 Å². The lowest BCUT2D eigenvalue weighted by atomic mass is 10.1. The summed E-state index contributed by atoms with van der Waals surface area (Å²) in [7, 11) is 3.36. The number of nitrogens with zero attached hydrogens (tertiary/aromatic N) is 4. The third kappa shape index (κ3) is 3.46. The fraction of sp³-hybridized carbons (Fsp3) is 0.263. The van der Waals surface area contributed by atoms with Gasteiger partial charge in [0.25, 0.3) is 5.91 Å². The molecule has 1 N–H and O–H groups in total. The number of nitrogens with one attached hydrogen (secondary N) is 1. The Kier molecular flexibility index (Phi) is 4.56. The minimum absolute atomic E-state index is 0.0915. The van der Waals surface area contributed by atoms with Gasteiger partial charge in [-0.05, 0) is 30.3 Å². The molecule has 1 aliphatic rings. The summed E-state index contributed by atoms with van der Waals surface area (Å²) in [5.41, 5.74) is 2.48. The van der Waals surface area contributed by atoms with Crippen LogP contribution in [0.15, 0.2) is 36.4 Å². The lowest BCUT2D eigenvalue weighted by Gasteiger charge is -2.20. The predicted molar refractivity (Wildman–Crippen MR) is 102 cm³/mol. The molecule has 0 spiro atoms. The molecule has 144 valence electrons. The zero-order valence-corrected chi connectivity index (χ0v) is 15.5. The van der Waals surface area contributed by atoms with Crippen molar-refractivity contribution in [2.75, 3.05) is 32.1 Å². The molecule has 4 rings (SSSR count). The first-order valence-corrected chi connectivity index (χ1v) is 8.75. The molecule has 3 aromatic rings.